The van der Waals surface area contributed by atoms with Crippen molar-refractivity contribution in [1.82, 2.24) is 5.32 Å². The fraction of sp³-hybridized carbons (Fsp3) is 0.467. The molecule has 0 radical (unpaired) electrons. The van der Waals surface area contributed by atoms with Gasteiger partial charge in [0.1, 0.15) is 6.04 Å². The number of benzene rings is 1. The van der Waals surface area contributed by atoms with Crippen LogP contribution in [0.1, 0.15) is 29.3 Å². The summed E-state index contributed by atoms with van der Waals surface area (Å²) in [6, 6.07) is 6.80. The first-order chi connectivity index (χ1) is 9.62. The molecule has 4 nitrogen and oxygen atoms in total. The summed E-state index contributed by atoms with van der Waals surface area (Å²) in [6.45, 7) is 2.06. The molecule has 1 amide bonds. The van der Waals surface area contributed by atoms with Gasteiger partial charge in [0.15, 0.2) is 0 Å². The molecule has 110 valence electrons. The smallest absolute Gasteiger partial charge is 0.328 e. The van der Waals surface area contributed by atoms with E-state index in [1.807, 2.05) is 18.4 Å². The van der Waals surface area contributed by atoms with Crippen LogP contribution >= 0.6 is 11.8 Å². The van der Waals surface area contributed by atoms with E-state index in [0.29, 0.717) is 12.0 Å². The highest BCUT2D eigenvalue weighted by Gasteiger charge is 2.21. The molecule has 0 aromatic heterocycles. The van der Waals surface area contributed by atoms with E-state index in [0.717, 1.165) is 12.2 Å². The molecule has 5 heteroatoms. The summed E-state index contributed by atoms with van der Waals surface area (Å²) >= 11 is 1.63. The number of hydrogen-bond acceptors (Lipinski definition) is 4. The molecule has 1 aromatic carbocycles. The van der Waals surface area contributed by atoms with Crippen LogP contribution in [-0.2, 0) is 16.0 Å². The first-order valence-electron chi connectivity index (χ1n) is 6.59. The largest absolute Gasteiger partial charge is 0.467 e. The highest BCUT2D eigenvalue weighted by Crippen LogP contribution is 2.07. The molecule has 1 N–H and O–H groups in total. The Morgan fingerprint density at radius 3 is 2.45 bits per heavy atom. The van der Waals surface area contributed by atoms with Crippen molar-refractivity contribution in [3.05, 3.63) is 35.4 Å². The second kappa shape index (κ2) is 8.64. The van der Waals surface area contributed by atoms with Gasteiger partial charge in [-0.05, 0) is 42.5 Å². The molecule has 1 rings (SSSR count). The predicted molar refractivity (Wildman–Crippen MR) is 82.1 cm³/mol. The lowest BCUT2D eigenvalue weighted by Crippen LogP contribution is -2.41. The van der Waals surface area contributed by atoms with Gasteiger partial charge in [0, 0.05) is 5.56 Å². The van der Waals surface area contributed by atoms with Crippen molar-refractivity contribution in [3.63, 3.8) is 0 Å². The van der Waals surface area contributed by atoms with Crippen LogP contribution in [0.4, 0.5) is 0 Å². The van der Waals surface area contributed by atoms with Crippen molar-refractivity contribution >= 4 is 23.6 Å². The van der Waals surface area contributed by atoms with Crippen LogP contribution in [0.15, 0.2) is 24.3 Å². The Labute approximate surface area is 124 Å². The maximum atomic E-state index is 12.1. The fourth-order valence-electron chi connectivity index (χ4n) is 1.76. The van der Waals surface area contributed by atoms with E-state index in [4.69, 9.17) is 4.74 Å². The van der Waals surface area contributed by atoms with Crippen LogP contribution < -0.4 is 5.32 Å². The summed E-state index contributed by atoms with van der Waals surface area (Å²) in [6.07, 6.45) is 3.45. The zero-order valence-corrected chi connectivity index (χ0v) is 13.0. The van der Waals surface area contributed by atoms with Crippen molar-refractivity contribution in [2.24, 2.45) is 0 Å². The van der Waals surface area contributed by atoms with E-state index in [1.165, 1.54) is 12.7 Å². The molecular formula is C15H21NO3S. The van der Waals surface area contributed by atoms with Gasteiger partial charge in [-0.1, -0.05) is 19.1 Å². The van der Waals surface area contributed by atoms with Crippen LogP contribution in [0.5, 0.6) is 0 Å². The standard InChI is InChI=1S/C15H21NO3S/c1-4-11-5-7-12(8-6-11)14(17)16-13(9-10-20-3)15(18)19-2/h5-8,13H,4,9-10H2,1-3H3,(H,16,17)/t13-/m1/s1. The van der Waals surface area contributed by atoms with Crippen LogP contribution in [0.3, 0.4) is 0 Å². The van der Waals surface area contributed by atoms with Gasteiger partial charge < -0.3 is 10.1 Å². The first-order valence-corrected chi connectivity index (χ1v) is 7.98. The van der Waals surface area contributed by atoms with Crippen molar-refractivity contribution < 1.29 is 14.3 Å². The number of rotatable bonds is 7. The van der Waals surface area contributed by atoms with E-state index < -0.39 is 12.0 Å². The molecule has 0 fully saturated rings. The Morgan fingerprint density at radius 2 is 1.95 bits per heavy atom. The zero-order chi connectivity index (χ0) is 15.0. The number of ether oxygens (including phenoxy) is 1. The van der Waals surface area contributed by atoms with Gasteiger partial charge in [0.05, 0.1) is 7.11 Å². The molecule has 1 atom stereocenters. The van der Waals surface area contributed by atoms with E-state index in [2.05, 4.69) is 12.2 Å². The van der Waals surface area contributed by atoms with E-state index in [9.17, 15) is 9.59 Å². The number of methoxy groups -OCH3 is 1. The molecule has 0 aliphatic rings. The minimum atomic E-state index is -0.592. The van der Waals surface area contributed by atoms with Gasteiger partial charge in [0.2, 0.25) is 0 Å². The number of esters is 1. The topological polar surface area (TPSA) is 55.4 Å². The summed E-state index contributed by atoms with van der Waals surface area (Å²) in [4.78, 5) is 23.8. The number of amides is 1. The van der Waals surface area contributed by atoms with Crippen LogP contribution in [0, 0.1) is 0 Å². The second-order valence-corrected chi connectivity index (χ2v) is 5.37. The maximum Gasteiger partial charge on any atom is 0.328 e. The molecule has 0 bridgehead atoms. The summed E-state index contributed by atoms with van der Waals surface area (Å²) in [5.41, 5.74) is 1.73. The number of hydrogen-bond donors (Lipinski definition) is 1. The van der Waals surface area contributed by atoms with E-state index in [-0.39, 0.29) is 5.91 Å². The number of carbonyl (C=O) groups is 2. The van der Waals surface area contributed by atoms with Crippen molar-refractivity contribution in [2.75, 3.05) is 19.1 Å². The minimum Gasteiger partial charge on any atom is -0.467 e. The highest BCUT2D eigenvalue weighted by atomic mass is 32.2. The third kappa shape index (κ3) is 4.89. The lowest BCUT2D eigenvalue weighted by atomic mass is 10.1. The Hall–Kier alpha value is -1.49. The third-order valence-electron chi connectivity index (χ3n) is 3.03. The average molecular weight is 295 g/mol. The summed E-state index contributed by atoms with van der Waals surface area (Å²) < 4.78 is 4.72. The Bertz CT molecular complexity index is 445. The molecule has 0 aliphatic carbocycles. The van der Waals surface area contributed by atoms with E-state index >= 15 is 0 Å². The van der Waals surface area contributed by atoms with Crippen LogP contribution in [0.2, 0.25) is 0 Å². The fourth-order valence-corrected chi connectivity index (χ4v) is 2.23. The van der Waals surface area contributed by atoms with Gasteiger partial charge in [-0.15, -0.1) is 0 Å². The highest BCUT2D eigenvalue weighted by molar-refractivity contribution is 7.98. The van der Waals surface area contributed by atoms with Crippen LogP contribution in [-0.4, -0.2) is 37.0 Å². The molecule has 0 aliphatic heterocycles. The predicted octanol–water partition coefficient (Wildman–Crippen LogP) is 2.27. The van der Waals surface area contributed by atoms with Crippen molar-refractivity contribution in [1.29, 1.82) is 0 Å². The monoisotopic (exact) mass is 295 g/mol. The summed E-state index contributed by atoms with van der Waals surface area (Å²) in [7, 11) is 1.33. The zero-order valence-electron chi connectivity index (χ0n) is 12.1. The molecule has 0 heterocycles. The summed E-state index contributed by atoms with van der Waals surface area (Å²) in [5.74, 6) is 0.135. The minimum absolute atomic E-state index is 0.246. The van der Waals surface area contributed by atoms with Crippen molar-refractivity contribution in [2.45, 2.75) is 25.8 Å². The lowest BCUT2D eigenvalue weighted by Gasteiger charge is -2.16. The third-order valence-corrected chi connectivity index (χ3v) is 3.67. The van der Waals surface area contributed by atoms with Gasteiger partial charge >= 0.3 is 5.97 Å². The molecule has 0 saturated heterocycles. The SMILES string of the molecule is CCc1ccc(C(=O)N[C@H](CCSC)C(=O)OC)cc1. The molecule has 0 spiro atoms. The quantitative estimate of drug-likeness (QED) is 0.784. The number of thioether (sulfide) groups is 1. The molecule has 1 aromatic rings. The van der Waals surface area contributed by atoms with Gasteiger partial charge in [-0.3, -0.25) is 4.79 Å². The lowest BCUT2D eigenvalue weighted by molar-refractivity contribution is -0.142. The number of carbonyl (C=O) groups excluding carboxylic acids is 2. The maximum absolute atomic E-state index is 12.1. The Balaban J connectivity index is 2.70. The van der Waals surface area contributed by atoms with Gasteiger partial charge in [-0.25, -0.2) is 4.79 Å². The van der Waals surface area contributed by atoms with Crippen molar-refractivity contribution in [3.8, 4) is 0 Å². The van der Waals surface area contributed by atoms with Gasteiger partial charge in [-0.2, -0.15) is 11.8 Å². The molecule has 0 unspecified atom stereocenters. The van der Waals surface area contributed by atoms with Crippen LogP contribution in [0.25, 0.3) is 0 Å². The Kier molecular flexibility index (Phi) is 7.15. The first kappa shape index (κ1) is 16.6. The van der Waals surface area contributed by atoms with Gasteiger partial charge in [0.25, 0.3) is 5.91 Å². The Morgan fingerprint density at radius 1 is 1.30 bits per heavy atom. The average Bonchev–Trinajstić information content (AvgIpc) is 2.50. The normalized spacial score (nSPS) is 11.8. The summed E-state index contributed by atoms with van der Waals surface area (Å²) in [5, 5.41) is 2.73. The molecule has 20 heavy (non-hydrogen) atoms. The number of nitrogens with one attached hydrogen (secondary N) is 1. The molecule has 0 saturated carbocycles. The molecular weight excluding hydrogens is 274 g/mol. The second-order valence-electron chi connectivity index (χ2n) is 4.38. The number of aryl methyl sites for hydroxylation is 1. The van der Waals surface area contributed by atoms with E-state index in [1.54, 1.807) is 23.9 Å².